The van der Waals surface area contributed by atoms with Crippen molar-refractivity contribution in [3.63, 3.8) is 0 Å². The van der Waals surface area contributed by atoms with Crippen molar-refractivity contribution in [3.05, 3.63) is 42.4 Å². The van der Waals surface area contributed by atoms with Crippen molar-refractivity contribution in [2.75, 3.05) is 37.0 Å². The largest absolute Gasteiger partial charge is 0.490 e. The molecule has 0 saturated carbocycles. The molecular formula is C28H39N7O5S. The summed E-state index contributed by atoms with van der Waals surface area (Å²) in [5.41, 5.74) is 3.04. The lowest BCUT2D eigenvalue weighted by atomic mass is 10.1. The first kappa shape index (κ1) is 30.1. The standard InChI is InChI=1S/C28H39N7O5S/c1-19-16-20(6-7-23(19)40-21-8-12-35(13-9-21)27(37)33-28(2,3)4)32-26-25-22(30-18-31-26)10-14-34(25)15-11-29-24(36)17-41(5,38)39/h6-7,10,14,16,18,21H,8-9,11-13,15,17H2,1-5H3,(H,29,36)(H,33,37)(H,30,31,32). The fraction of sp³-hybridized carbons (Fsp3) is 0.500. The number of nitrogens with one attached hydrogen (secondary N) is 3. The summed E-state index contributed by atoms with van der Waals surface area (Å²) in [6.45, 7) is 9.89. The van der Waals surface area contributed by atoms with Crippen molar-refractivity contribution in [3.8, 4) is 5.75 Å². The number of carbonyl (C=O) groups excluding carboxylic acids is 2. The number of rotatable bonds is 9. The number of piperidine rings is 1. The van der Waals surface area contributed by atoms with Crippen LogP contribution in [0.25, 0.3) is 11.0 Å². The quantitative estimate of drug-likeness (QED) is 0.347. The molecule has 3 aromatic rings. The molecule has 0 unspecified atom stereocenters. The van der Waals surface area contributed by atoms with Gasteiger partial charge in [0.1, 0.15) is 29.5 Å². The Labute approximate surface area is 240 Å². The van der Waals surface area contributed by atoms with Gasteiger partial charge in [-0.2, -0.15) is 0 Å². The SMILES string of the molecule is Cc1cc(Nc2ncnc3ccn(CCNC(=O)CS(C)(=O)=O)c23)ccc1OC1CCN(C(=O)NC(C)(C)C)CC1. The summed E-state index contributed by atoms with van der Waals surface area (Å²) in [7, 11) is -3.38. The molecule has 1 saturated heterocycles. The van der Waals surface area contributed by atoms with Crippen molar-refractivity contribution in [2.45, 2.75) is 58.7 Å². The first-order valence-corrected chi connectivity index (χ1v) is 15.7. The van der Waals surface area contributed by atoms with Crippen LogP contribution in [0, 0.1) is 6.92 Å². The van der Waals surface area contributed by atoms with Gasteiger partial charge in [0.25, 0.3) is 0 Å². The molecule has 0 atom stereocenters. The molecule has 3 amide bonds. The van der Waals surface area contributed by atoms with Gasteiger partial charge in [0.15, 0.2) is 15.7 Å². The number of aromatic nitrogens is 3. The Hall–Kier alpha value is -3.87. The van der Waals surface area contributed by atoms with E-state index in [1.807, 2.05) is 67.6 Å². The van der Waals surface area contributed by atoms with Gasteiger partial charge in [0.2, 0.25) is 5.91 Å². The highest BCUT2D eigenvalue weighted by atomic mass is 32.2. The van der Waals surface area contributed by atoms with Crippen LogP contribution in [-0.2, 0) is 21.2 Å². The monoisotopic (exact) mass is 585 g/mol. The van der Waals surface area contributed by atoms with Crippen LogP contribution in [0.3, 0.4) is 0 Å². The highest BCUT2D eigenvalue weighted by Crippen LogP contribution is 2.29. The van der Waals surface area contributed by atoms with Crippen molar-refractivity contribution in [2.24, 2.45) is 0 Å². The van der Waals surface area contributed by atoms with Crippen molar-refractivity contribution in [1.29, 1.82) is 0 Å². The van der Waals surface area contributed by atoms with Crippen LogP contribution < -0.4 is 20.7 Å². The normalized spacial score (nSPS) is 14.6. The Morgan fingerprint density at radius 1 is 1.12 bits per heavy atom. The van der Waals surface area contributed by atoms with Crippen molar-refractivity contribution < 1.29 is 22.7 Å². The molecule has 0 bridgehead atoms. The minimum absolute atomic E-state index is 0.0360. The van der Waals surface area contributed by atoms with Crippen LogP contribution in [0.1, 0.15) is 39.2 Å². The summed E-state index contributed by atoms with van der Waals surface area (Å²) in [5.74, 6) is 0.334. The number of urea groups is 1. The second-order valence-electron chi connectivity index (χ2n) is 11.5. The van der Waals surface area contributed by atoms with E-state index in [1.54, 1.807) is 0 Å². The molecule has 0 spiro atoms. The number of ether oxygens (including phenoxy) is 1. The van der Waals surface area contributed by atoms with E-state index < -0.39 is 21.5 Å². The van der Waals surface area contributed by atoms with Gasteiger partial charge >= 0.3 is 6.03 Å². The van der Waals surface area contributed by atoms with E-state index >= 15 is 0 Å². The molecule has 41 heavy (non-hydrogen) atoms. The van der Waals surface area contributed by atoms with E-state index in [-0.39, 0.29) is 24.2 Å². The predicted octanol–water partition coefficient (Wildman–Crippen LogP) is 3.00. The average Bonchev–Trinajstić information content (AvgIpc) is 3.28. The second kappa shape index (κ2) is 12.3. The molecule has 4 rings (SSSR count). The van der Waals surface area contributed by atoms with E-state index in [0.29, 0.717) is 25.5 Å². The first-order chi connectivity index (χ1) is 19.3. The fourth-order valence-corrected chi connectivity index (χ4v) is 5.25. The van der Waals surface area contributed by atoms with Gasteiger partial charge in [-0.05, 0) is 57.5 Å². The molecule has 1 aromatic carbocycles. The van der Waals surface area contributed by atoms with Crippen molar-refractivity contribution >= 4 is 44.3 Å². The van der Waals surface area contributed by atoms with Crippen LogP contribution in [-0.4, -0.2) is 83.1 Å². The molecule has 13 heteroatoms. The molecule has 2 aromatic heterocycles. The third kappa shape index (κ3) is 8.56. The summed E-state index contributed by atoms with van der Waals surface area (Å²) in [5, 5.41) is 9.02. The third-order valence-electron chi connectivity index (χ3n) is 6.56. The maximum absolute atomic E-state index is 12.4. The van der Waals surface area contributed by atoms with Crippen LogP contribution in [0.5, 0.6) is 5.75 Å². The number of carbonyl (C=O) groups is 2. The lowest BCUT2D eigenvalue weighted by Gasteiger charge is -2.34. The predicted molar refractivity (Wildman–Crippen MR) is 158 cm³/mol. The minimum Gasteiger partial charge on any atom is -0.490 e. The second-order valence-corrected chi connectivity index (χ2v) is 13.6. The highest BCUT2D eigenvalue weighted by molar-refractivity contribution is 7.91. The summed E-state index contributed by atoms with van der Waals surface area (Å²) in [4.78, 5) is 34.9. The Bertz CT molecular complexity index is 1510. The molecule has 12 nitrogen and oxygen atoms in total. The Kier molecular flexibility index (Phi) is 9.05. The zero-order valence-corrected chi connectivity index (χ0v) is 25.0. The van der Waals surface area contributed by atoms with Gasteiger partial charge in [0.05, 0.1) is 5.52 Å². The van der Waals surface area contributed by atoms with Crippen LogP contribution in [0.4, 0.5) is 16.3 Å². The number of amides is 3. The number of sulfone groups is 1. The van der Waals surface area contributed by atoms with E-state index in [9.17, 15) is 18.0 Å². The number of anilines is 2. The Balaban J connectivity index is 1.37. The van der Waals surface area contributed by atoms with Crippen LogP contribution in [0.15, 0.2) is 36.8 Å². The van der Waals surface area contributed by atoms with Crippen LogP contribution in [0.2, 0.25) is 0 Å². The van der Waals surface area contributed by atoms with Gasteiger partial charge < -0.3 is 30.2 Å². The lowest BCUT2D eigenvalue weighted by Crippen LogP contribution is -2.51. The number of hydrogen-bond donors (Lipinski definition) is 3. The van der Waals surface area contributed by atoms with Gasteiger partial charge in [-0.3, -0.25) is 4.79 Å². The molecule has 1 aliphatic heterocycles. The van der Waals surface area contributed by atoms with Gasteiger partial charge in [-0.25, -0.2) is 23.2 Å². The number of hydrogen-bond acceptors (Lipinski definition) is 8. The number of fused-ring (bicyclic) bond motifs is 1. The highest BCUT2D eigenvalue weighted by Gasteiger charge is 2.26. The van der Waals surface area contributed by atoms with Crippen LogP contribution >= 0.6 is 0 Å². The molecular weight excluding hydrogens is 546 g/mol. The zero-order valence-electron chi connectivity index (χ0n) is 24.2. The fourth-order valence-electron chi connectivity index (χ4n) is 4.67. The number of benzene rings is 1. The Morgan fingerprint density at radius 2 is 1.85 bits per heavy atom. The van der Waals surface area contributed by atoms with E-state index in [4.69, 9.17) is 4.74 Å². The summed E-state index contributed by atoms with van der Waals surface area (Å²) in [6, 6.07) is 7.69. The Morgan fingerprint density at radius 3 is 2.51 bits per heavy atom. The number of aryl methyl sites for hydroxylation is 1. The molecule has 0 radical (unpaired) electrons. The molecule has 0 aliphatic carbocycles. The smallest absolute Gasteiger partial charge is 0.317 e. The maximum atomic E-state index is 12.4. The lowest BCUT2D eigenvalue weighted by molar-refractivity contribution is -0.118. The van der Waals surface area contributed by atoms with E-state index in [1.165, 1.54) is 6.33 Å². The molecule has 3 N–H and O–H groups in total. The summed E-state index contributed by atoms with van der Waals surface area (Å²) in [6.07, 6.45) is 5.94. The average molecular weight is 586 g/mol. The van der Waals surface area contributed by atoms with Gasteiger partial charge in [0, 0.05) is 62.7 Å². The van der Waals surface area contributed by atoms with E-state index in [2.05, 4.69) is 25.9 Å². The summed E-state index contributed by atoms with van der Waals surface area (Å²) >= 11 is 0. The van der Waals surface area contributed by atoms with Gasteiger partial charge in [-0.15, -0.1) is 0 Å². The van der Waals surface area contributed by atoms with E-state index in [0.717, 1.165) is 47.1 Å². The minimum atomic E-state index is -3.38. The van der Waals surface area contributed by atoms with Gasteiger partial charge in [-0.1, -0.05) is 0 Å². The summed E-state index contributed by atoms with van der Waals surface area (Å²) < 4.78 is 30.9. The maximum Gasteiger partial charge on any atom is 0.317 e. The third-order valence-corrected chi connectivity index (χ3v) is 7.35. The number of nitrogens with zero attached hydrogens (tertiary/aromatic N) is 4. The number of likely N-dealkylation sites (tertiary alicyclic amines) is 1. The molecule has 3 heterocycles. The first-order valence-electron chi connectivity index (χ1n) is 13.6. The molecule has 1 fully saturated rings. The topological polar surface area (TPSA) is 148 Å². The zero-order chi connectivity index (χ0) is 29.8. The molecule has 222 valence electrons. The molecule has 1 aliphatic rings. The van der Waals surface area contributed by atoms with Crippen molar-refractivity contribution in [1.82, 2.24) is 30.1 Å².